The number of hydrogen-bond acceptors (Lipinski definition) is 3. The highest BCUT2D eigenvalue weighted by atomic mass is 79.9. The minimum Gasteiger partial charge on any atom is -0.461 e. The Hall–Kier alpha value is -1.81. The number of halogens is 1. The molecule has 0 unspecified atom stereocenters. The van der Waals surface area contributed by atoms with Crippen LogP contribution in [-0.4, -0.2) is 11.8 Å². The normalized spacial score (nSPS) is 13.7. The molecule has 3 nitrogen and oxygen atoms in total. The summed E-state index contributed by atoms with van der Waals surface area (Å²) < 4.78 is 11.6. The van der Waals surface area contributed by atoms with Crippen LogP contribution in [0.5, 0.6) is 0 Å². The van der Waals surface area contributed by atoms with Gasteiger partial charge in [0.15, 0.2) is 5.76 Å². The highest BCUT2D eigenvalue weighted by molar-refractivity contribution is 9.10. The van der Waals surface area contributed by atoms with Crippen molar-refractivity contribution in [1.82, 2.24) is 4.98 Å². The molecule has 0 amide bonds. The molecule has 1 aliphatic heterocycles. The van der Waals surface area contributed by atoms with Crippen LogP contribution in [0.3, 0.4) is 0 Å². The van der Waals surface area contributed by atoms with Crippen molar-refractivity contribution in [2.75, 3.05) is 6.79 Å². The van der Waals surface area contributed by atoms with E-state index in [1.54, 1.807) is 6.26 Å². The number of rotatable bonds is 2. The number of aromatic nitrogens is 1. The summed E-state index contributed by atoms with van der Waals surface area (Å²) in [5.74, 6) is 0.725. The molecule has 96 valence electrons. The molecule has 1 aromatic heterocycles. The Kier molecular flexibility index (Phi) is 3.25. The highest BCUT2D eigenvalue weighted by Gasteiger charge is 2.16. The smallest absolute Gasteiger partial charge is 0.230 e. The van der Waals surface area contributed by atoms with Crippen molar-refractivity contribution in [1.29, 1.82) is 0 Å². The number of aryl methyl sites for hydroxylation is 1. The molecule has 0 radical (unpaired) electrons. The fraction of sp³-hybridized carbons (Fsp3) is 0.133. The summed E-state index contributed by atoms with van der Waals surface area (Å²) in [7, 11) is 0. The van der Waals surface area contributed by atoms with Gasteiger partial charge in [0, 0.05) is 21.3 Å². The van der Waals surface area contributed by atoms with Gasteiger partial charge in [0.25, 0.3) is 0 Å². The molecule has 0 saturated heterocycles. The molecule has 4 heteroatoms. The molecule has 0 atom stereocenters. The second kappa shape index (κ2) is 5.05. The first-order valence-electron chi connectivity index (χ1n) is 5.92. The van der Waals surface area contributed by atoms with Crippen LogP contribution in [-0.2, 0) is 9.47 Å². The van der Waals surface area contributed by atoms with Crippen LogP contribution in [0.25, 0.3) is 17.0 Å². The van der Waals surface area contributed by atoms with Crippen molar-refractivity contribution in [3.8, 4) is 11.3 Å². The van der Waals surface area contributed by atoms with E-state index in [9.17, 15) is 0 Å². The van der Waals surface area contributed by atoms with Gasteiger partial charge < -0.3 is 9.47 Å². The third kappa shape index (κ3) is 2.49. The third-order valence-corrected chi connectivity index (χ3v) is 3.36. The molecule has 2 heterocycles. The van der Waals surface area contributed by atoms with Crippen LogP contribution >= 0.6 is 15.9 Å². The minimum absolute atomic E-state index is 0.265. The second-order valence-electron chi connectivity index (χ2n) is 4.27. The Morgan fingerprint density at radius 2 is 2.11 bits per heavy atom. The number of pyridine rings is 1. The first-order valence-corrected chi connectivity index (χ1v) is 6.72. The quantitative estimate of drug-likeness (QED) is 0.834. The zero-order valence-corrected chi connectivity index (χ0v) is 12.0. The van der Waals surface area contributed by atoms with Gasteiger partial charge in [0.2, 0.25) is 6.79 Å². The lowest BCUT2D eigenvalue weighted by atomic mass is 10.0. The maximum Gasteiger partial charge on any atom is 0.230 e. The van der Waals surface area contributed by atoms with Gasteiger partial charge in [-0.05, 0) is 31.2 Å². The SMILES string of the molecule is Cc1ccc(C2=COCO2)c(-c2cccc(Br)c2)n1. The van der Waals surface area contributed by atoms with Crippen LogP contribution in [0.4, 0.5) is 0 Å². The van der Waals surface area contributed by atoms with Crippen molar-refractivity contribution in [2.24, 2.45) is 0 Å². The van der Waals surface area contributed by atoms with Gasteiger partial charge in [-0.25, -0.2) is 0 Å². The first-order chi connectivity index (χ1) is 9.24. The number of benzene rings is 1. The lowest BCUT2D eigenvalue weighted by molar-refractivity contribution is 0.100. The molecule has 0 spiro atoms. The minimum atomic E-state index is 0.265. The summed E-state index contributed by atoms with van der Waals surface area (Å²) in [6.07, 6.45) is 1.63. The van der Waals surface area contributed by atoms with Gasteiger partial charge in [-0.1, -0.05) is 28.1 Å². The Labute approximate surface area is 120 Å². The summed E-state index contributed by atoms with van der Waals surface area (Å²) in [6.45, 7) is 2.24. The molecule has 0 N–H and O–H groups in total. The molecule has 19 heavy (non-hydrogen) atoms. The molecular formula is C15H12BrNO2. The van der Waals surface area contributed by atoms with Crippen LogP contribution in [0.15, 0.2) is 47.1 Å². The average molecular weight is 318 g/mol. The average Bonchev–Trinajstić information content (AvgIpc) is 2.92. The predicted octanol–water partition coefficient (Wildman–Crippen LogP) is 4.12. The van der Waals surface area contributed by atoms with E-state index in [1.807, 2.05) is 43.3 Å². The monoisotopic (exact) mass is 317 g/mol. The van der Waals surface area contributed by atoms with E-state index in [4.69, 9.17) is 9.47 Å². The van der Waals surface area contributed by atoms with E-state index < -0.39 is 0 Å². The topological polar surface area (TPSA) is 31.4 Å². The zero-order valence-electron chi connectivity index (χ0n) is 10.4. The molecule has 1 aromatic carbocycles. The second-order valence-corrected chi connectivity index (χ2v) is 5.19. The van der Waals surface area contributed by atoms with E-state index in [0.717, 1.165) is 32.7 Å². The van der Waals surface area contributed by atoms with Crippen molar-refractivity contribution in [2.45, 2.75) is 6.92 Å². The van der Waals surface area contributed by atoms with Crippen LogP contribution in [0.2, 0.25) is 0 Å². The summed E-state index contributed by atoms with van der Waals surface area (Å²) >= 11 is 3.49. The van der Waals surface area contributed by atoms with Gasteiger partial charge in [-0.15, -0.1) is 0 Å². The third-order valence-electron chi connectivity index (χ3n) is 2.87. The molecular weight excluding hydrogens is 306 g/mol. The molecule has 1 aliphatic rings. The van der Waals surface area contributed by atoms with E-state index in [1.165, 1.54) is 0 Å². The molecule has 0 bridgehead atoms. The standard InChI is InChI=1S/C15H12BrNO2/c1-10-5-6-13(14-8-18-9-19-14)15(17-10)11-3-2-4-12(16)7-11/h2-8H,9H2,1H3. The lowest BCUT2D eigenvalue weighted by Gasteiger charge is -2.10. The van der Waals surface area contributed by atoms with Crippen molar-refractivity contribution in [3.05, 3.63) is 58.4 Å². The number of ether oxygens (including phenoxy) is 2. The van der Waals surface area contributed by atoms with E-state index in [0.29, 0.717) is 0 Å². The fourth-order valence-corrected chi connectivity index (χ4v) is 2.39. The first kappa shape index (κ1) is 12.2. The molecule has 0 saturated carbocycles. The summed E-state index contributed by atoms with van der Waals surface area (Å²) in [4.78, 5) is 4.63. The van der Waals surface area contributed by atoms with Crippen LogP contribution in [0, 0.1) is 6.92 Å². The van der Waals surface area contributed by atoms with Crippen molar-refractivity contribution >= 4 is 21.7 Å². The number of hydrogen-bond donors (Lipinski definition) is 0. The Morgan fingerprint density at radius 3 is 2.84 bits per heavy atom. The lowest BCUT2D eigenvalue weighted by Crippen LogP contribution is -1.96. The highest BCUT2D eigenvalue weighted by Crippen LogP contribution is 2.31. The molecule has 3 rings (SSSR count). The van der Waals surface area contributed by atoms with Crippen molar-refractivity contribution < 1.29 is 9.47 Å². The summed E-state index contributed by atoms with van der Waals surface area (Å²) in [5, 5.41) is 0. The van der Waals surface area contributed by atoms with Gasteiger partial charge in [0.05, 0.1) is 5.69 Å². The van der Waals surface area contributed by atoms with Gasteiger partial charge >= 0.3 is 0 Å². The number of nitrogens with zero attached hydrogens (tertiary/aromatic N) is 1. The predicted molar refractivity (Wildman–Crippen MR) is 77.1 cm³/mol. The summed E-state index contributed by atoms with van der Waals surface area (Å²) in [6, 6.07) is 12.0. The van der Waals surface area contributed by atoms with E-state index in [2.05, 4.69) is 20.9 Å². The van der Waals surface area contributed by atoms with Gasteiger partial charge in [-0.2, -0.15) is 0 Å². The summed E-state index contributed by atoms with van der Waals surface area (Å²) in [5.41, 5.74) is 3.86. The van der Waals surface area contributed by atoms with Crippen LogP contribution in [0.1, 0.15) is 11.3 Å². The van der Waals surface area contributed by atoms with E-state index >= 15 is 0 Å². The van der Waals surface area contributed by atoms with Gasteiger partial charge in [0.1, 0.15) is 6.26 Å². The zero-order chi connectivity index (χ0) is 13.2. The van der Waals surface area contributed by atoms with Crippen LogP contribution < -0.4 is 0 Å². The Morgan fingerprint density at radius 1 is 1.21 bits per heavy atom. The largest absolute Gasteiger partial charge is 0.461 e. The maximum absolute atomic E-state index is 5.46. The molecule has 0 aliphatic carbocycles. The maximum atomic E-state index is 5.46. The fourth-order valence-electron chi connectivity index (χ4n) is 1.99. The Bertz CT molecular complexity index is 652. The molecule has 2 aromatic rings. The Balaban J connectivity index is 2.16. The van der Waals surface area contributed by atoms with Crippen molar-refractivity contribution in [3.63, 3.8) is 0 Å². The molecule has 0 fully saturated rings. The van der Waals surface area contributed by atoms with E-state index in [-0.39, 0.29) is 6.79 Å². The van der Waals surface area contributed by atoms with Gasteiger partial charge in [-0.3, -0.25) is 4.98 Å².